The van der Waals surface area contributed by atoms with E-state index < -0.39 is 27.9 Å². The fourth-order valence-electron chi connectivity index (χ4n) is 3.86. The number of ether oxygens (including phenoxy) is 1. The molecule has 0 aliphatic rings. The molecule has 0 radical (unpaired) electrons. The number of carboxylic acid groups (broad SMARTS) is 1. The Morgan fingerprint density at radius 1 is 0.925 bits per heavy atom. The van der Waals surface area contributed by atoms with Crippen molar-refractivity contribution in [3.05, 3.63) is 83.4 Å². The second-order valence-corrected chi connectivity index (χ2v) is 11.3. The van der Waals surface area contributed by atoms with Crippen LogP contribution in [0.25, 0.3) is 0 Å². The molecule has 40 heavy (non-hydrogen) atoms. The van der Waals surface area contributed by atoms with E-state index in [1.807, 2.05) is 25.1 Å². The van der Waals surface area contributed by atoms with Crippen LogP contribution in [0.5, 0.6) is 5.75 Å². The number of para-hydroxylation sites is 1. The van der Waals surface area contributed by atoms with E-state index >= 15 is 0 Å². The molecule has 0 heterocycles. The number of carboxylic acids is 1. The number of methoxy groups -OCH3 is 1. The molecular weight excluding hydrogens is 536 g/mol. The fraction of sp³-hybridized carbons (Fsp3) is 0.250. The zero-order chi connectivity index (χ0) is 29.3. The van der Waals surface area contributed by atoms with Gasteiger partial charge in [0.25, 0.3) is 0 Å². The molecule has 3 aromatic rings. The van der Waals surface area contributed by atoms with Gasteiger partial charge < -0.3 is 25.8 Å². The fourth-order valence-corrected chi connectivity index (χ4v) is 4.37. The van der Waals surface area contributed by atoms with Crippen molar-refractivity contribution >= 4 is 44.8 Å². The van der Waals surface area contributed by atoms with Gasteiger partial charge in [-0.1, -0.05) is 36.4 Å². The number of rotatable bonds is 12. The van der Waals surface area contributed by atoms with Crippen LogP contribution in [-0.2, 0) is 25.8 Å². The third kappa shape index (κ3) is 9.40. The van der Waals surface area contributed by atoms with Gasteiger partial charge in [-0.15, -0.1) is 0 Å². The molecule has 0 fully saturated rings. The van der Waals surface area contributed by atoms with Gasteiger partial charge in [-0.05, 0) is 53.9 Å². The number of benzene rings is 3. The Labute approximate surface area is 232 Å². The van der Waals surface area contributed by atoms with Gasteiger partial charge in [0, 0.05) is 23.7 Å². The maximum Gasteiger partial charge on any atom is 0.323 e. The Balaban J connectivity index is 1.61. The monoisotopic (exact) mass is 568 g/mol. The van der Waals surface area contributed by atoms with Gasteiger partial charge in [-0.25, -0.2) is 13.2 Å². The van der Waals surface area contributed by atoms with Crippen LogP contribution in [0.2, 0.25) is 0 Å². The number of carbonyl (C=O) groups excluding carboxylic acids is 2. The SMILES string of the molecule is COc1cc(CC(=O)Nc2ccc([C@@H](CC(=O)O)NCS(C)(=O)=O)cc2)ccc1NC(=O)Nc1ccccc1C. The van der Waals surface area contributed by atoms with E-state index in [9.17, 15) is 27.9 Å². The lowest BCUT2D eigenvalue weighted by molar-refractivity contribution is -0.137. The minimum Gasteiger partial charge on any atom is -0.495 e. The van der Waals surface area contributed by atoms with Crippen molar-refractivity contribution in [2.45, 2.75) is 25.8 Å². The topological polar surface area (TPSA) is 163 Å². The van der Waals surface area contributed by atoms with Crippen LogP contribution in [-0.4, -0.2) is 50.7 Å². The van der Waals surface area contributed by atoms with Crippen molar-refractivity contribution in [3.63, 3.8) is 0 Å². The zero-order valence-electron chi connectivity index (χ0n) is 22.4. The standard InChI is InChI=1S/C28H32N4O7S/c1-18-6-4-5-7-22(18)31-28(36)32-23-13-8-19(14-25(23)39-2)15-26(33)30-21-11-9-20(10-12-21)24(16-27(34)35)29-17-40(3,37)38/h4-14,24,29H,15-17H2,1-3H3,(H,30,33)(H,34,35)(H2,31,32,36)/t24-/m1/s1. The lowest BCUT2D eigenvalue weighted by Gasteiger charge is -2.17. The second kappa shape index (κ2) is 13.6. The molecule has 0 aromatic heterocycles. The first-order valence-corrected chi connectivity index (χ1v) is 14.3. The van der Waals surface area contributed by atoms with Crippen molar-refractivity contribution in [2.75, 3.05) is 35.2 Å². The summed E-state index contributed by atoms with van der Waals surface area (Å²) in [6.07, 6.45) is 0.784. The number of hydrogen-bond acceptors (Lipinski definition) is 7. The van der Waals surface area contributed by atoms with E-state index in [1.54, 1.807) is 48.5 Å². The van der Waals surface area contributed by atoms with E-state index in [2.05, 4.69) is 21.3 Å². The minimum atomic E-state index is -3.34. The van der Waals surface area contributed by atoms with Crippen LogP contribution < -0.4 is 26.0 Å². The second-order valence-electron chi connectivity index (χ2n) is 9.20. The number of aliphatic carboxylic acids is 1. The number of aryl methyl sites for hydroxylation is 1. The average Bonchev–Trinajstić information content (AvgIpc) is 2.88. The van der Waals surface area contributed by atoms with Crippen LogP contribution in [0.15, 0.2) is 66.7 Å². The van der Waals surface area contributed by atoms with Crippen molar-refractivity contribution in [1.29, 1.82) is 0 Å². The van der Waals surface area contributed by atoms with E-state index in [4.69, 9.17) is 4.74 Å². The van der Waals surface area contributed by atoms with Gasteiger partial charge in [-0.3, -0.25) is 14.9 Å². The van der Waals surface area contributed by atoms with E-state index in [1.165, 1.54) is 7.11 Å². The summed E-state index contributed by atoms with van der Waals surface area (Å²) < 4.78 is 28.4. The molecule has 0 bridgehead atoms. The van der Waals surface area contributed by atoms with Crippen molar-refractivity contribution < 1.29 is 32.6 Å². The van der Waals surface area contributed by atoms with E-state index in [0.29, 0.717) is 33.9 Å². The zero-order valence-corrected chi connectivity index (χ0v) is 23.2. The first-order valence-electron chi connectivity index (χ1n) is 12.3. The van der Waals surface area contributed by atoms with Crippen LogP contribution >= 0.6 is 0 Å². The van der Waals surface area contributed by atoms with E-state index in [0.717, 1.165) is 11.8 Å². The van der Waals surface area contributed by atoms with Crippen LogP contribution in [0, 0.1) is 6.92 Å². The summed E-state index contributed by atoms with van der Waals surface area (Å²) >= 11 is 0. The molecule has 0 spiro atoms. The summed E-state index contributed by atoms with van der Waals surface area (Å²) in [5.41, 5.74) is 3.76. The van der Waals surface area contributed by atoms with Crippen molar-refractivity contribution in [3.8, 4) is 5.75 Å². The number of nitrogens with one attached hydrogen (secondary N) is 4. The minimum absolute atomic E-state index is 0.0331. The smallest absolute Gasteiger partial charge is 0.323 e. The highest BCUT2D eigenvalue weighted by atomic mass is 32.2. The summed E-state index contributed by atoms with van der Waals surface area (Å²) in [4.78, 5) is 36.4. The molecule has 1 atom stereocenters. The molecule has 12 heteroatoms. The highest BCUT2D eigenvalue weighted by molar-refractivity contribution is 7.90. The summed E-state index contributed by atoms with van der Waals surface area (Å²) in [5, 5.41) is 20.2. The third-order valence-electron chi connectivity index (χ3n) is 5.84. The highest BCUT2D eigenvalue weighted by Crippen LogP contribution is 2.27. The molecule has 0 saturated carbocycles. The Morgan fingerprint density at radius 3 is 2.23 bits per heavy atom. The Morgan fingerprint density at radius 2 is 1.60 bits per heavy atom. The predicted molar refractivity (Wildman–Crippen MR) is 153 cm³/mol. The summed E-state index contributed by atoms with van der Waals surface area (Å²) in [6.45, 7) is 1.89. The number of urea groups is 1. The predicted octanol–water partition coefficient (Wildman–Crippen LogP) is 3.94. The molecule has 0 aliphatic carbocycles. The maximum atomic E-state index is 12.7. The number of carbonyl (C=O) groups is 3. The van der Waals surface area contributed by atoms with Crippen molar-refractivity contribution in [1.82, 2.24) is 5.32 Å². The van der Waals surface area contributed by atoms with Crippen LogP contribution in [0.4, 0.5) is 21.9 Å². The summed E-state index contributed by atoms with van der Waals surface area (Å²) in [5.74, 6) is -1.35. The normalized spacial score (nSPS) is 11.8. The van der Waals surface area contributed by atoms with Gasteiger partial charge in [0.15, 0.2) is 9.84 Å². The van der Waals surface area contributed by atoms with Crippen LogP contribution in [0.1, 0.15) is 29.2 Å². The van der Waals surface area contributed by atoms with Gasteiger partial charge in [-0.2, -0.15) is 0 Å². The largest absolute Gasteiger partial charge is 0.495 e. The molecule has 11 nitrogen and oxygen atoms in total. The number of sulfone groups is 1. The Bertz CT molecular complexity index is 1470. The summed E-state index contributed by atoms with van der Waals surface area (Å²) in [6, 6.07) is 17.8. The lowest BCUT2D eigenvalue weighted by Crippen LogP contribution is -2.28. The quantitative estimate of drug-likeness (QED) is 0.219. The molecule has 0 saturated heterocycles. The molecule has 3 rings (SSSR count). The maximum absolute atomic E-state index is 12.7. The number of anilines is 3. The van der Waals surface area contributed by atoms with Gasteiger partial charge in [0.1, 0.15) is 5.75 Å². The highest BCUT2D eigenvalue weighted by Gasteiger charge is 2.17. The third-order valence-corrected chi connectivity index (χ3v) is 6.53. The Hall–Kier alpha value is -4.42. The molecule has 0 unspecified atom stereocenters. The van der Waals surface area contributed by atoms with Gasteiger partial charge in [0.2, 0.25) is 5.91 Å². The van der Waals surface area contributed by atoms with Crippen molar-refractivity contribution in [2.24, 2.45) is 0 Å². The molecule has 3 aromatic carbocycles. The first-order chi connectivity index (χ1) is 18.9. The first kappa shape index (κ1) is 30.1. The summed E-state index contributed by atoms with van der Waals surface area (Å²) in [7, 11) is -1.87. The molecule has 0 aliphatic heterocycles. The lowest BCUT2D eigenvalue weighted by atomic mass is 10.0. The number of hydrogen-bond donors (Lipinski definition) is 5. The molecule has 212 valence electrons. The van der Waals surface area contributed by atoms with Gasteiger partial charge >= 0.3 is 12.0 Å². The number of amides is 3. The van der Waals surface area contributed by atoms with E-state index in [-0.39, 0.29) is 24.6 Å². The van der Waals surface area contributed by atoms with Crippen LogP contribution in [0.3, 0.4) is 0 Å². The molecular formula is C28H32N4O7S. The average molecular weight is 569 g/mol. The van der Waals surface area contributed by atoms with Gasteiger partial charge in [0.05, 0.1) is 31.5 Å². The Kier molecular flexibility index (Phi) is 10.2. The molecule has 3 amide bonds. The molecule has 5 N–H and O–H groups in total.